The Morgan fingerprint density at radius 1 is 1.30 bits per heavy atom. The molecule has 2 fully saturated rings. The third-order valence-electron chi connectivity index (χ3n) is 6.09. The van der Waals surface area contributed by atoms with Crippen LogP contribution in [0.3, 0.4) is 0 Å². The van der Waals surface area contributed by atoms with Gasteiger partial charge in [-0.05, 0) is 43.0 Å². The van der Waals surface area contributed by atoms with Gasteiger partial charge in [0.1, 0.15) is 23.6 Å². The summed E-state index contributed by atoms with van der Waals surface area (Å²) in [6, 6.07) is 9.62. The fourth-order valence-corrected chi connectivity index (χ4v) is 4.12. The molecule has 1 aliphatic carbocycles. The van der Waals surface area contributed by atoms with Gasteiger partial charge in [0, 0.05) is 50.5 Å². The first-order chi connectivity index (χ1) is 16.1. The quantitative estimate of drug-likeness (QED) is 0.567. The van der Waals surface area contributed by atoms with Gasteiger partial charge in [0.15, 0.2) is 5.82 Å². The smallest absolute Gasteiger partial charge is 0.228 e. The lowest BCUT2D eigenvalue weighted by molar-refractivity contribution is -0.117. The number of carbonyl (C=O) groups is 1. The summed E-state index contributed by atoms with van der Waals surface area (Å²) in [6.07, 6.45) is 6.34. The van der Waals surface area contributed by atoms with Crippen LogP contribution in [0.1, 0.15) is 25.0 Å². The number of nitriles is 1. The number of fused-ring (bicyclic) bond motifs is 1. The van der Waals surface area contributed by atoms with Crippen LogP contribution in [-0.4, -0.2) is 64.9 Å². The first-order valence-electron chi connectivity index (χ1n) is 11.2. The van der Waals surface area contributed by atoms with Gasteiger partial charge >= 0.3 is 0 Å². The minimum atomic E-state index is 0.0261. The number of nitrogens with zero attached hydrogens (tertiary/aromatic N) is 5. The van der Waals surface area contributed by atoms with Crippen molar-refractivity contribution in [2.24, 2.45) is 5.92 Å². The average Bonchev–Trinajstić information content (AvgIpc) is 3.47. The maximum atomic E-state index is 12.1. The van der Waals surface area contributed by atoms with Crippen LogP contribution in [0.15, 0.2) is 36.7 Å². The van der Waals surface area contributed by atoms with Crippen molar-refractivity contribution < 1.29 is 14.3 Å². The summed E-state index contributed by atoms with van der Waals surface area (Å²) < 4.78 is 13.2. The number of hydrogen-bond donors (Lipinski definition) is 1. The van der Waals surface area contributed by atoms with E-state index in [-0.39, 0.29) is 17.9 Å². The van der Waals surface area contributed by atoms with E-state index in [0.29, 0.717) is 23.9 Å². The third kappa shape index (κ3) is 4.82. The molecule has 3 aromatic rings. The highest BCUT2D eigenvalue weighted by molar-refractivity contribution is 5.93. The Morgan fingerprint density at radius 3 is 2.97 bits per heavy atom. The minimum absolute atomic E-state index is 0.0261. The molecule has 0 spiro atoms. The maximum absolute atomic E-state index is 12.1. The van der Waals surface area contributed by atoms with Gasteiger partial charge in [-0.15, -0.1) is 0 Å². The molecule has 33 heavy (non-hydrogen) atoms. The fraction of sp³-hybridized carbons (Fsp3) is 0.417. The van der Waals surface area contributed by atoms with E-state index in [1.165, 1.54) is 0 Å². The molecule has 170 valence electrons. The van der Waals surface area contributed by atoms with Gasteiger partial charge in [0.05, 0.1) is 18.3 Å². The maximum Gasteiger partial charge on any atom is 0.228 e. The van der Waals surface area contributed by atoms with E-state index in [2.05, 4.69) is 26.4 Å². The predicted molar refractivity (Wildman–Crippen MR) is 122 cm³/mol. The molecule has 1 amide bonds. The Bertz CT molecular complexity index is 1210. The Hall–Kier alpha value is -3.48. The van der Waals surface area contributed by atoms with Gasteiger partial charge in [-0.25, -0.2) is 9.50 Å². The van der Waals surface area contributed by atoms with Gasteiger partial charge in [-0.3, -0.25) is 9.69 Å². The van der Waals surface area contributed by atoms with Crippen LogP contribution in [0.5, 0.6) is 5.75 Å². The van der Waals surface area contributed by atoms with Crippen molar-refractivity contribution in [2.45, 2.75) is 25.4 Å². The summed E-state index contributed by atoms with van der Waals surface area (Å²) in [5.74, 6) is 1.33. The largest absolute Gasteiger partial charge is 0.487 e. The SMILES string of the molecule is COCCN1CC[C@H](Oc2cnc(C#N)cc2-c2ccn3nc(NC(=O)C4CC4)cc3c2)C1. The van der Waals surface area contributed by atoms with Gasteiger partial charge in [-0.2, -0.15) is 10.4 Å². The monoisotopic (exact) mass is 446 g/mol. The van der Waals surface area contributed by atoms with Crippen molar-refractivity contribution in [1.29, 1.82) is 5.26 Å². The summed E-state index contributed by atoms with van der Waals surface area (Å²) in [5, 5.41) is 16.7. The van der Waals surface area contributed by atoms with E-state index < -0.39 is 0 Å². The molecule has 1 N–H and O–H groups in total. The Labute approximate surface area is 191 Å². The molecule has 1 aliphatic heterocycles. The van der Waals surface area contributed by atoms with Gasteiger partial charge in [-0.1, -0.05) is 0 Å². The van der Waals surface area contributed by atoms with E-state index in [1.54, 1.807) is 23.9 Å². The highest BCUT2D eigenvalue weighted by Crippen LogP contribution is 2.33. The van der Waals surface area contributed by atoms with Crippen LogP contribution in [0.25, 0.3) is 16.6 Å². The Kier molecular flexibility index (Phi) is 5.94. The van der Waals surface area contributed by atoms with Crippen molar-refractivity contribution in [2.75, 3.05) is 38.7 Å². The molecule has 2 aliphatic rings. The second-order valence-corrected chi connectivity index (χ2v) is 8.58. The number of hydrogen-bond acceptors (Lipinski definition) is 7. The summed E-state index contributed by atoms with van der Waals surface area (Å²) in [6.45, 7) is 3.37. The molecule has 0 unspecified atom stereocenters. The molecule has 5 rings (SSSR count). The van der Waals surface area contributed by atoms with Crippen LogP contribution < -0.4 is 10.1 Å². The van der Waals surface area contributed by atoms with Crippen LogP contribution in [0.4, 0.5) is 5.82 Å². The van der Waals surface area contributed by atoms with Gasteiger partial charge in [0.2, 0.25) is 5.91 Å². The summed E-state index contributed by atoms with van der Waals surface area (Å²) >= 11 is 0. The number of nitrogens with one attached hydrogen (secondary N) is 1. The molecule has 3 aromatic heterocycles. The van der Waals surface area contributed by atoms with Gasteiger partial charge < -0.3 is 14.8 Å². The van der Waals surface area contributed by atoms with Crippen molar-refractivity contribution in [3.63, 3.8) is 0 Å². The Balaban J connectivity index is 1.39. The molecular weight excluding hydrogens is 420 g/mol. The van der Waals surface area contributed by atoms with Crippen LogP contribution in [-0.2, 0) is 9.53 Å². The van der Waals surface area contributed by atoms with Crippen molar-refractivity contribution in [1.82, 2.24) is 19.5 Å². The van der Waals surface area contributed by atoms with E-state index in [1.807, 2.05) is 24.4 Å². The lowest BCUT2D eigenvalue weighted by Gasteiger charge is -2.18. The lowest BCUT2D eigenvalue weighted by atomic mass is 10.1. The molecule has 1 saturated heterocycles. The lowest BCUT2D eigenvalue weighted by Crippen LogP contribution is -2.27. The summed E-state index contributed by atoms with van der Waals surface area (Å²) in [5.41, 5.74) is 2.87. The molecule has 1 saturated carbocycles. The molecule has 0 radical (unpaired) electrons. The fourth-order valence-electron chi connectivity index (χ4n) is 4.12. The first-order valence-corrected chi connectivity index (χ1v) is 11.2. The normalized spacial score (nSPS) is 18.4. The third-order valence-corrected chi connectivity index (χ3v) is 6.09. The van der Waals surface area contributed by atoms with E-state index in [4.69, 9.17) is 9.47 Å². The van der Waals surface area contributed by atoms with Crippen LogP contribution in [0.2, 0.25) is 0 Å². The number of anilines is 1. The second kappa shape index (κ2) is 9.17. The number of aromatic nitrogens is 3. The zero-order valence-electron chi connectivity index (χ0n) is 18.5. The molecule has 4 heterocycles. The predicted octanol–water partition coefficient (Wildman–Crippen LogP) is 2.72. The highest BCUT2D eigenvalue weighted by Gasteiger charge is 2.30. The average molecular weight is 447 g/mol. The number of carbonyl (C=O) groups excluding carboxylic acids is 1. The van der Waals surface area contributed by atoms with E-state index >= 15 is 0 Å². The number of methoxy groups -OCH3 is 1. The summed E-state index contributed by atoms with van der Waals surface area (Å²) in [7, 11) is 1.71. The molecule has 0 bridgehead atoms. The zero-order valence-corrected chi connectivity index (χ0v) is 18.5. The minimum Gasteiger partial charge on any atom is -0.487 e. The van der Waals surface area contributed by atoms with Crippen molar-refractivity contribution in [3.8, 4) is 22.9 Å². The number of pyridine rings is 2. The summed E-state index contributed by atoms with van der Waals surface area (Å²) in [4.78, 5) is 18.6. The number of amides is 1. The van der Waals surface area contributed by atoms with Crippen molar-refractivity contribution in [3.05, 3.63) is 42.4 Å². The van der Waals surface area contributed by atoms with E-state index in [0.717, 1.165) is 55.5 Å². The topological polar surface area (TPSA) is 105 Å². The Morgan fingerprint density at radius 2 is 2.18 bits per heavy atom. The van der Waals surface area contributed by atoms with Crippen LogP contribution in [0, 0.1) is 17.2 Å². The second-order valence-electron chi connectivity index (χ2n) is 8.58. The van der Waals surface area contributed by atoms with Crippen LogP contribution >= 0.6 is 0 Å². The molecule has 1 atom stereocenters. The zero-order chi connectivity index (χ0) is 22.8. The highest BCUT2D eigenvalue weighted by atomic mass is 16.5. The number of rotatable bonds is 8. The molecule has 9 nitrogen and oxygen atoms in total. The number of likely N-dealkylation sites (tertiary alicyclic amines) is 1. The van der Waals surface area contributed by atoms with E-state index in [9.17, 15) is 10.1 Å². The first kappa shape index (κ1) is 21.4. The standard InChI is InChI=1S/C24H26N6O3/c1-32-9-8-29-6-5-20(15-29)33-22-14-26-18(13-25)11-21(22)17-4-7-30-19(10-17)12-23(28-30)27-24(31)16-2-3-16/h4,7,10-12,14,16,20H,2-3,5-6,8-9,15H2,1H3,(H,27,28,31)/t20-/m0/s1. The number of ether oxygens (including phenoxy) is 2. The van der Waals surface area contributed by atoms with Crippen molar-refractivity contribution >= 4 is 17.2 Å². The molecule has 0 aromatic carbocycles. The molecule has 9 heteroatoms. The van der Waals surface area contributed by atoms with Gasteiger partial charge in [0.25, 0.3) is 0 Å². The molecular formula is C24H26N6O3.